The van der Waals surface area contributed by atoms with E-state index in [-0.39, 0.29) is 18.3 Å². The van der Waals surface area contributed by atoms with E-state index < -0.39 is 0 Å². The van der Waals surface area contributed by atoms with Crippen molar-refractivity contribution < 1.29 is 9.18 Å². The van der Waals surface area contributed by atoms with Gasteiger partial charge in [0, 0.05) is 0 Å². The van der Waals surface area contributed by atoms with E-state index in [1.807, 2.05) is 24.3 Å². The minimum atomic E-state index is -0.357. The molecule has 1 aromatic heterocycles. The van der Waals surface area contributed by atoms with Gasteiger partial charge in [0.25, 0.3) is 5.91 Å². The normalized spacial score (nSPS) is 11.1. The molecule has 1 heterocycles. The summed E-state index contributed by atoms with van der Waals surface area (Å²) in [4.78, 5) is 11.8. The van der Waals surface area contributed by atoms with E-state index in [0.717, 1.165) is 11.0 Å². The van der Waals surface area contributed by atoms with Gasteiger partial charge in [-0.25, -0.2) is 14.5 Å². The van der Waals surface area contributed by atoms with Crippen molar-refractivity contribution in [2.24, 2.45) is 5.10 Å². The van der Waals surface area contributed by atoms with Crippen molar-refractivity contribution in [2.45, 2.75) is 6.54 Å². The number of hydrogen-bond donors (Lipinski definition) is 1. The van der Waals surface area contributed by atoms with Crippen molar-refractivity contribution >= 4 is 23.2 Å². The van der Waals surface area contributed by atoms with E-state index in [1.54, 1.807) is 12.1 Å². The highest BCUT2D eigenvalue weighted by Gasteiger charge is 2.07. The van der Waals surface area contributed by atoms with Crippen LogP contribution in [0.4, 0.5) is 4.39 Å². The van der Waals surface area contributed by atoms with Crippen molar-refractivity contribution in [1.82, 2.24) is 20.4 Å². The number of rotatable bonds is 4. The Labute approximate surface area is 125 Å². The Morgan fingerprint density at radius 3 is 3.00 bits per heavy atom. The highest BCUT2D eigenvalue weighted by atomic mass is 19.1. The number of para-hydroxylation sites is 1. The first kappa shape index (κ1) is 13.9. The molecule has 0 saturated heterocycles. The topological polar surface area (TPSA) is 72.2 Å². The summed E-state index contributed by atoms with van der Waals surface area (Å²) in [5, 5.41) is 11.7. The molecule has 0 saturated carbocycles. The molecule has 22 heavy (non-hydrogen) atoms. The van der Waals surface area contributed by atoms with Crippen LogP contribution in [0.3, 0.4) is 0 Å². The third kappa shape index (κ3) is 3.14. The fourth-order valence-electron chi connectivity index (χ4n) is 1.97. The maximum Gasteiger partial charge on any atom is 0.261 e. The Kier molecular flexibility index (Phi) is 3.86. The number of hydrogen-bond acceptors (Lipinski definition) is 4. The number of hydrazone groups is 1. The smallest absolute Gasteiger partial charge is 0.261 e. The zero-order chi connectivity index (χ0) is 15.4. The average Bonchev–Trinajstić information content (AvgIpc) is 2.91. The molecular formula is C15H12FN5O. The lowest BCUT2D eigenvalue weighted by Gasteiger charge is -2.01. The van der Waals surface area contributed by atoms with E-state index in [2.05, 4.69) is 20.8 Å². The molecule has 0 radical (unpaired) electrons. The molecule has 6 nitrogen and oxygen atoms in total. The van der Waals surface area contributed by atoms with Gasteiger partial charge < -0.3 is 0 Å². The van der Waals surface area contributed by atoms with E-state index in [4.69, 9.17) is 0 Å². The van der Waals surface area contributed by atoms with Gasteiger partial charge in [-0.3, -0.25) is 4.79 Å². The fourth-order valence-corrected chi connectivity index (χ4v) is 1.97. The molecule has 0 spiro atoms. The van der Waals surface area contributed by atoms with E-state index in [0.29, 0.717) is 5.56 Å². The Morgan fingerprint density at radius 2 is 2.14 bits per heavy atom. The molecule has 0 unspecified atom stereocenters. The molecule has 0 bridgehead atoms. The number of amides is 1. The zero-order valence-corrected chi connectivity index (χ0v) is 11.5. The third-order valence-corrected chi connectivity index (χ3v) is 2.97. The first-order valence-electron chi connectivity index (χ1n) is 6.58. The molecule has 0 fully saturated rings. The van der Waals surface area contributed by atoms with Crippen LogP contribution < -0.4 is 5.43 Å². The maximum atomic E-state index is 13.0. The van der Waals surface area contributed by atoms with Gasteiger partial charge in [-0.1, -0.05) is 29.5 Å². The van der Waals surface area contributed by atoms with Crippen LogP contribution in [0.15, 0.2) is 53.6 Å². The van der Waals surface area contributed by atoms with Crippen molar-refractivity contribution in [1.29, 1.82) is 0 Å². The summed E-state index contributed by atoms with van der Waals surface area (Å²) in [6.07, 6.45) is 1.38. The molecule has 2 aromatic carbocycles. The first-order valence-corrected chi connectivity index (χ1v) is 6.58. The molecule has 7 heteroatoms. The van der Waals surface area contributed by atoms with Gasteiger partial charge in [-0.2, -0.15) is 5.10 Å². The predicted molar refractivity (Wildman–Crippen MR) is 79.7 cm³/mol. The molecule has 3 rings (SSSR count). The summed E-state index contributed by atoms with van der Waals surface area (Å²) < 4.78 is 14.5. The Morgan fingerprint density at radius 1 is 1.27 bits per heavy atom. The lowest BCUT2D eigenvalue weighted by molar-refractivity contribution is -0.121. The third-order valence-electron chi connectivity index (χ3n) is 2.97. The molecule has 3 aromatic rings. The van der Waals surface area contributed by atoms with Crippen LogP contribution in [0.1, 0.15) is 5.56 Å². The van der Waals surface area contributed by atoms with Gasteiger partial charge in [-0.05, 0) is 29.8 Å². The highest BCUT2D eigenvalue weighted by Crippen LogP contribution is 2.09. The average molecular weight is 297 g/mol. The minimum Gasteiger partial charge on any atom is -0.271 e. The highest BCUT2D eigenvalue weighted by molar-refractivity contribution is 5.83. The Bertz CT molecular complexity index is 843. The van der Waals surface area contributed by atoms with Gasteiger partial charge in [0.1, 0.15) is 17.9 Å². The fraction of sp³-hybridized carbons (Fsp3) is 0.0667. The Hall–Kier alpha value is -3.09. The standard InChI is InChI=1S/C15H12FN5O/c16-12-5-3-4-11(8-12)9-17-19-15(22)10-21-14-7-2-1-6-13(14)18-20-21/h1-9H,10H2,(H,19,22)/b17-9+. The van der Waals surface area contributed by atoms with Crippen molar-refractivity contribution in [3.63, 3.8) is 0 Å². The molecule has 0 aliphatic heterocycles. The lowest BCUT2D eigenvalue weighted by atomic mass is 10.2. The quantitative estimate of drug-likeness (QED) is 0.588. The zero-order valence-electron chi connectivity index (χ0n) is 11.5. The summed E-state index contributed by atoms with van der Waals surface area (Å²) >= 11 is 0. The van der Waals surface area contributed by atoms with E-state index in [1.165, 1.54) is 23.0 Å². The summed E-state index contributed by atoms with van der Waals surface area (Å²) in [7, 11) is 0. The Balaban J connectivity index is 1.63. The maximum absolute atomic E-state index is 13.0. The molecule has 1 amide bonds. The van der Waals surface area contributed by atoms with Crippen molar-refractivity contribution in [3.8, 4) is 0 Å². The van der Waals surface area contributed by atoms with E-state index >= 15 is 0 Å². The second-order valence-electron chi connectivity index (χ2n) is 4.58. The minimum absolute atomic E-state index is 0.000996. The number of halogens is 1. The van der Waals surface area contributed by atoms with Gasteiger partial charge in [0.2, 0.25) is 0 Å². The van der Waals surface area contributed by atoms with E-state index in [9.17, 15) is 9.18 Å². The molecular weight excluding hydrogens is 285 g/mol. The van der Waals surface area contributed by atoms with Crippen LogP contribution in [0.5, 0.6) is 0 Å². The van der Waals surface area contributed by atoms with Crippen LogP contribution in [0, 0.1) is 5.82 Å². The van der Waals surface area contributed by atoms with Crippen LogP contribution in [-0.4, -0.2) is 27.1 Å². The van der Waals surface area contributed by atoms with Crippen LogP contribution >= 0.6 is 0 Å². The van der Waals surface area contributed by atoms with Gasteiger partial charge in [-0.15, -0.1) is 5.10 Å². The molecule has 0 atom stereocenters. The van der Waals surface area contributed by atoms with Gasteiger partial charge in [0.05, 0.1) is 11.7 Å². The molecule has 0 aliphatic carbocycles. The predicted octanol–water partition coefficient (Wildman–Crippen LogP) is 1.72. The number of nitrogens with one attached hydrogen (secondary N) is 1. The number of carbonyl (C=O) groups excluding carboxylic acids is 1. The molecule has 1 N–H and O–H groups in total. The first-order chi connectivity index (χ1) is 10.7. The summed E-state index contributed by atoms with van der Waals surface area (Å²) in [5.74, 6) is -0.701. The number of benzene rings is 2. The molecule has 0 aliphatic rings. The number of carbonyl (C=O) groups is 1. The lowest BCUT2D eigenvalue weighted by Crippen LogP contribution is -2.23. The summed E-state index contributed by atoms with van der Waals surface area (Å²) in [5.41, 5.74) is 4.43. The SMILES string of the molecule is O=C(Cn1nnc2ccccc21)N/N=C/c1cccc(F)c1. The van der Waals surface area contributed by atoms with Crippen LogP contribution in [0.25, 0.3) is 11.0 Å². The van der Waals surface area contributed by atoms with Crippen LogP contribution in [0.2, 0.25) is 0 Å². The summed E-state index contributed by atoms with van der Waals surface area (Å²) in [6.45, 7) is 0.000996. The van der Waals surface area contributed by atoms with Crippen LogP contribution in [-0.2, 0) is 11.3 Å². The number of aromatic nitrogens is 3. The number of nitrogens with zero attached hydrogens (tertiary/aromatic N) is 4. The largest absolute Gasteiger partial charge is 0.271 e. The number of fused-ring (bicyclic) bond motifs is 1. The van der Waals surface area contributed by atoms with Gasteiger partial charge in [0.15, 0.2) is 0 Å². The van der Waals surface area contributed by atoms with Crippen molar-refractivity contribution in [2.75, 3.05) is 0 Å². The van der Waals surface area contributed by atoms with Gasteiger partial charge >= 0.3 is 0 Å². The second kappa shape index (κ2) is 6.13. The monoisotopic (exact) mass is 297 g/mol. The van der Waals surface area contributed by atoms with Crippen molar-refractivity contribution in [3.05, 3.63) is 59.9 Å². The molecule has 110 valence electrons. The second-order valence-corrected chi connectivity index (χ2v) is 4.58. The summed E-state index contributed by atoms with van der Waals surface area (Å²) in [6, 6.07) is 13.3.